The van der Waals surface area contributed by atoms with Crippen LogP contribution < -0.4 is 9.47 Å². The van der Waals surface area contributed by atoms with Crippen LogP contribution in [-0.2, 0) is 29.3 Å². The van der Waals surface area contributed by atoms with Crippen molar-refractivity contribution >= 4 is 5.78 Å². The maximum Gasteiger partial charge on any atom is 0.200 e. The Kier molecular flexibility index (Phi) is 16.3. The molecule has 4 saturated carbocycles. The number of ether oxygens (including phenoxy) is 6. The fourth-order valence-corrected chi connectivity index (χ4v) is 9.88. The Bertz CT molecular complexity index is 1560. The molecule has 0 radical (unpaired) electrons. The second kappa shape index (κ2) is 20.5. The van der Waals surface area contributed by atoms with Crippen molar-refractivity contribution in [1.29, 1.82) is 0 Å². The SMILES string of the molecule is C.CCOc1ccc(C2(O)CCC(C3CCC4(CC3)OCCO4)CC2)c(F)c1F.CCOc1cccc(F)c1F.O=C1CCC(C2CCC3(CC2)OCCO3)CC1. The van der Waals surface area contributed by atoms with Crippen LogP contribution in [0.4, 0.5) is 17.6 Å². The van der Waals surface area contributed by atoms with Crippen molar-refractivity contribution < 1.29 is 55.9 Å². The zero-order chi connectivity index (χ0) is 39.8. The lowest BCUT2D eigenvalue weighted by molar-refractivity contribution is -0.186. The minimum atomic E-state index is -1.31. The Hall–Kier alpha value is -2.77. The van der Waals surface area contributed by atoms with E-state index in [1.54, 1.807) is 13.8 Å². The van der Waals surface area contributed by atoms with Gasteiger partial charge in [-0.3, -0.25) is 4.79 Å². The van der Waals surface area contributed by atoms with Crippen molar-refractivity contribution in [3.05, 3.63) is 59.2 Å². The van der Waals surface area contributed by atoms with Crippen LogP contribution >= 0.6 is 0 Å². The number of Topliss-reactive ketones (excluding diaryl/α,β-unsaturated/α-hetero) is 1. The van der Waals surface area contributed by atoms with E-state index in [0.717, 1.165) is 108 Å². The van der Waals surface area contributed by atoms with Gasteiger partial charge in [0.15, 0.2) is 34.7 Å². The van der Waals surface area contributed by atoms with Crippen LogP contribution in [0.3, 0.4) is 0 Å². The first kappa shape index (κ1) is 45.3. The standard InChI is InChI=1S/C22H30F2O4.C14H22O3.C8H8F2O.CH4/c1-2-26-18-4-3-17(19(23)20(18)24)21(25)9-5-15(6-10-21)16-7-11-22(12-8-16)27-13-14-28-22;15-13-3-1-11(2-4-13)12-5-7-14(8-6-12)16-9-10-17-14;1-2-11-7-5-3-4-6(9)8(7)10;/h3-4,15-16,25H,2,5-14H2,1H3;11-12H,1-10H2;3-5H,2H2,1H3;1H4. The third-order valence-corrected chi connectivity index (χ3v) is 13.1. The van der Waals surface area contributed by atoms with Gasteiger partial charge in [-0.1, -0.05) is 13.5 Å². The summed E-state index contributed by atoms with van der Waals surface area (Å²) >= 11 is 0. The summed E-state index contributed by atoms with van der Waals surface area (Å²) in [5.74, 6) is -1.35. The molecule has 0 unspecified atom stereocenters. The van der Waals surface area contributed by atoms with Crippen LogP contribution in [0.5, 0.6) is 11.5 Å². The van der Waals surface area contributed by atoms with E-state index in [1.165, 1.54) is 37.1 Å². The quantitative estimate of drug-likeness (QED) is 0.277. The van der Waals surface area contributed by atoms with Gasteiger partial charge >= 0.3 is 0 Å². The van der Waals surface area contributed by atoms with Crippen LogP contribution in [0, 0.1) is 46.9 Å². The highest BCUT2D eigenvalue weighted by molar-refractivity contribution is 5.79. The van der Waals surface area contributed by atoms with Crippen molar-refractivity contribution in [3.8, 4) is 11.5 Å². The fraction of sp³-hybridized carbons (Fsp3) is 0.711. The molecule has 2 aromatic carbocycles. The van der Waals surface area contributed by atoms with E-state index in [2.05, 4.69) is 0 Å². The number of carbonyl (C=O) groups excluding carboxylic acids is 1. The molecule has 8 rings (SSSR count). The van der Waals surface area contributed by atoms with Gasteiger partial charge in [-0.25, -0.2) is 8.78 Å². The molecule has 6 fully saturated rings. The predicted octanol–water partition coefficient (Wildman–Crippen LogP) is 10.4. The number of ketones is 1. The van der Waals surface area contributed by atoms with E-state index in [0.29, 0.717) is 50.3 Å². The molecule has 320 valence electrons. The monoisotopic (exact) mass is 808 g/mol. The minimum absolute atomic E-state index is 0. The summed E-state index contributed by atoms with van der Waals surface area (Å²) in [5, 5.41) is 11.1. The molecule has 8 nitrogen and oxygen atoms in total. The summed E-state index contributed by atoms with van der Waals surface area (Å²) < 4.78 is 87.0. The molecule has 2 heterocycles. The minimum Gasteiger partial charge on any atom is -0.491 e. The molecular formula is C45H64F4O8. The molecule has 2 aromatic rings. The average Bonchev–Trinajstić information content (AvgIpc) is 3.87. The van der Waals surface area contributed by atoms with Gasteiger partial charge in [-0.15, -0.1) is 0 Å². The van der Waals surface area contributed by atoms with Crippen molar-refractivity contribution in [2.24, 2.45) is 23.7 Å². The number of carbonyl (C=O) groups is 1. The van der Waals surface area contributed by atoms with Gasteiger partial charge in [-0.2, -0.15) is 8.78 Å². The van der Waals surface area contributed by atoms with Crippen molar-refractivity contribution in [2.45, 2.75) is 141 Å². The van der Waals surface area contributed by atoms with E-state index in [1.807, 2.05) is 0 Å². The largest absolute Gasteiger partial charge is 0.491 e. The van der Waals surface area contributed by atoms with Gasteiger partial charge in [0, 0.05) is 44.1 Å². The third-order valence-electron chi connectivity index (χ3n) is 13.1. The van der Waals surface area contributed by atoms with Gasteiger partial charge in [0.1, 0.15) is 5.78 Å². The molecule has 0 atom stereocenters. The second-order valence-corrected chi connectivity index (χ2v) is 16.3. The van der Waals surface area contributed by atoms with Crippen LogP contribution in [0.15, 0.2) is 30.3 Å². The zero-order valence-corrected chi connectivity index (χ0v) is 33.1. The number of halogens is 4. The molecular weight excluding hydrogens is 744 g/mol. The summed E-state index contributed by atoms with van der Waals surface area (Å²) in [6.45, 7) is 6.94. The molecule has 1 N–H and O–H groups in total. The Morgan fingerprint density at radius 3 is 1.47 bits per heavy atom. The first-order chi connectivity index (χ1) is 27.0. The normalized spacial score (nSPS) is 27.2. The van der Waals surface area contributed by atoms with Gasteiger partial charge in [0.25, 0.3) is 0 Å². The smallest absolute Gasteiger partial charge is 0.200 e. The highest BCUT2D eigenvalue weighted by atomic mass is 19.2. The van der Waals surface area contributed by atoms with Crippen LogP contribution in [0.2, 0.25) is 0 Å². The van der Waals surface area contributed by atoms with Crippen molar-refractivity contribution in [1.82, 2.24) is 0 Å². The molecule has 6 aliphatic rings. The fourth-order valence-electron chi connectivity index (χ4n) is 9.88. The van der Waals surface area contributed by atoms with Crippen molar-refractivity contribution in [2.75, 3.05) is 39.6 Å². The third kappa shape index (κ3) is 11.1. The number of hydrogen-bond donors (Lipinski definition) is 1. The lowest BCUT2D eigenvalue weighted by atomic mass is 9.67. The average molecular weight is 809 g/mol. The highest BCUT2D eigenvalue weighted by Gasteiger charge is 2.45. The molecule has 0 amide bonds. The predicted molar refractivity (Wildman–Crippen MR) is 208 cm³/mol. The Balaban J connectivity index is 0.000000181. The first-order valence-electron chi connectivity index (χ1n) is 21.0. The van der Waals surface area contributed by atoms with E-state index in [9.17, 15) is 27.5 Å². The van der Waals surface area contributed by atoms with E-state index < -0.39 is 28.9 Å². The summed E-state index contributed by atoms with van der Waals surface area (Å²) in [4.78, 5) is 11.3. The number of aliphatic hydroxyl groups is 1. The van der Waals surface area contributed by atoms with E-state index in [-0.39, 0.29) is 42.7 Å². The second-order valence-electron chi connectivity index (χ2n) is 16.3. The summed E-state index contributed by atoms with van der Waals surface area (Å²) in [7, 11) is 0. The maximum absolute atomic E-state index is 14.6. The summed E-state index contributed by atoms with van der Waals surface area (Å²) in [6, 6.07) is 6.75. The molecule has 4 aliphatic carbocycles. The summed E-state index contributed by atoms with van der Waals surface area (Å²) in [5.41, 5.74) is -1.25. The first-order valence-corrected chi connectivity index (χ1v) is 21.0. The molecule has 2 saturated heterocycles. The van der Waals surface area contributed by atoms with Crippen LogP contribution in [0.1, 0.15) is 130 Å². The number of rotatable bonds is 7. The topological polar surface area (TPSA) is 92.7 Å². The Morgan fingerprint density at radius 2 is 1.02 bits per heavy atom. The zero-order valence-electron chi connectivity index (χ0n) is 33.1. The van der Waals surface area contributed by atoms with Gasteiger partial charge in [0.2, 0.25) is 11.6 Å². The van der Waals surface area contributed by atoms with E-state index >= 15 is 0 Å². The maximum atomic E-state index is 14.6. The Labute approximate surface area is 336 Å². The highest BCUT2D eigenvalue weighted by Crippen LogP contribution is 2.49. The van der Waals surface area contributed by atoms with Gasteiger partial charge < -0.3 is 33.5 Å². The molecule has 0 aromatic heterocycles. The number of hydrogen-bond acceptors (Lipinski definition) is 8. The lowest BCUT2D eigenvalue weighted by Crippen LogP contribution is -2.39. The van der Waals surface area contributed by atoms with Gasteiger partial charge in [-0.05, 0) is 126 Å². The summed E-state index contributed by atoms with van der Waals surface area (Å²) in [6.07, 6.45) is 15.0. The molecule has 0 bridgehead atoms. The lowest BCUT2D eigenvalue weighted by Gasteiger charge is -2.43. The molecule has 12 heteroatoms. The van der Waals surface area contributed by atoms with Crippen LogP contribution in [0.25, 0.3) is 0 Å². The van der Waals surface area contributed by atoms with Crippen LogP contribution in [-0.4, -0.2) is 62.1 Å². The molecule has 2 spiro atoms. The van der Waals surface area contributed by atoms with Gasteiger partial charge in [0.05, 0.1) is 45.2 Å². The molecule has 57 heavy (non-hydrogen) atoms. The van der Waals surface area contributed by atoms with Crippen molar-refractivity contribution in [3.63, 3.8) is 0 Å². The van der Waals surface area contributed by atoms with E-state index in [4.69, 9.17) is 28.4 Å². The Morgan fingerprint density at radius 1 is 0.596 bits per heavy atom. The molecule has 2 aliphatic heterocycles. The number of benzene rings is 2.